The highest BCUT2D eigenvalue weighted by atomic mass is 32.1. The summed E-state index contributed by atoms with van der Waals surface area (Å²) in [7, 11) is 0. The molecule has 0 spiro atoms. The lowest BCUT2D eigenvalue weighted by Gasteiger charge is -2.31. The molecule has 4 nitrogen and oxygen atoms in total. The molecule has 148 valence electrons. The van der Waals surface area contributed by atoms with Crippen LogP contribution in [0.15, 0.2) is 11.4 Å². The molecule has 2 heterocycles. The molecule has 8 heteroatoms. The zero-order valence-corrected chi connectivity index (χ0v) is 16.5. The lowest BCUT2D eigenvalue weighted by molar-refractivity contribution is -0.184. The summed E-state index contributed by atoms with van der Waals surface area (Å²) in [5.74, 6) is -1.56. The van der Waals surface area contributed by atoms with E-state index in [2.05, 4.69) is 10.3 Å². The number of alkyl halides is 3. The first kappa shape index (κ1) is 19.9. The van der Waals surface area contributed by atoms with E-state index >= 15 is 0 Å². The molecule has 27 heavy (non-hydrogen) atoms. The molecule has 0 bridgehead atoms. The Hall–Kier alpha value is -1.83. The van der Waals surface area contributed by atoms with Gasteiger partial charge < -0.3 is 9.88 Å². The number of hydrogen-bond acceptors (Lipinski definition) is 3. The van der Waals surface area contributed by atoms with Crippen LogP contribution in [0.25, 0.3) is 11.3 Å². The van der Waals surface area contributed by atoms with Gasteiger partial charge in [-0.15, -0.1) is 11.3 Å². The number of thiazole rings is 1. The number of amides is 1. The first-order valence-electron chi connectivity index (χ1n) is 9.10. The van der Waals surface area contributed by atoms with Gasteiger partial charge in [-0.2, -0.15) is 13.2 Å². The summed E-state index contributed by atoms with van der Waals surface area (Å²) in [4.78, 5) is 17.0. The molecule has 0 radical (unpaired) electrons. The lowest BCUT2D eigenvalue weighted by atomic mass is 9.85. The summed E-state index contributed by atoms with van der Waals surface area (Å²) >= 11 is 1.57. The molecule has 1 saturated carbocycles. The van der Waals surface area contributed by atoms with Crippen molar-refractivity contribution in [2.45, 2.75) is 65.2 Å². The standard InChI is InChI=1S/C19H24F3N3OS/c1-11-7-16(17-10-27-13(3)23-17)12(2)25(11)9-18(26)24-15-6-4-5-14(8-15)19(20,21)22/h7,10,14-15H,4-6,8-9H2,1-3H3,(H,24,26). The van der Waals surface area contributed by atoms with Gasteiger partial charge in [0.05, 0.1) is 16.6 Å². The van der Waals surface area contributed by atoms with Gasteiger partial charge in [-0.25, -0.2) is 4.98 Å². The summed E-state index contributed by atoms with van der Waals surface area (Å²) in [6.07, 6.45) is -2.96. The van der Waals surface area contributed by atoms with Crippen molar-refractivity contribution >= 4 is 17.2 Å². The average molecular weight is 399 g/mol. The SMILES string of the molecule is Cc1nc(-c2cc(C)n(CC(=O)NC3CCCC(C(F)(F)F)C3)c2C)cs1. The highest BCUT2D eigenvalue weighted by Gasteiger charge is 2.42. The van der Waals surface area contributed by atoms with Crippen LogP contribution >= 0.6 is 11.3 Å². The van der Waals surface area contributed by atoms with E-state index in [0.29, 0.717) is 12.8 Å². The predicted octanol–water partition coefficient (Wildman–Crippen LogP) is 4.77. The van der Waals surface area contributed by atoms with Crippen LogP contribution in [0.5, 0.6) is 0 Å². The fourth-order valence-electron chi connectivity index (χ4n) is 3.83. The van der Waals surface area contributed by atoms with Crippen molar-refractivity contribution in [2.75, 3.05) is 0 Å². The zero-order valence-electron chi connectivity index (χ0n) is 15.7. The molecule has 1 aliphatic carbocycles. The molecule has 2 aromatic heterocycles. The number of nitrogens with one attached hydrogen (secondary N) is 1. The molecule has 1 fully saturated rings. The van der Waals surface area contributed by atoms with Gasteiger partial charge in [-0.1, -0.05) is 6.42 Å². The Morgan fingerprint density at radius 3 is 2.70 bits per heavy atom. The van der Waals surface area contributed by atoms with Gasteiger partial charge in [0.25, 0.3) is 0 Å². The summed E-state index contributed by atoms with van der Waals surface area (Å²) in [6, 6.07) is 1.59. The number of carbonyl (C=O) groups is 1. The van der Waals surface area contributed by atoms with Crippen molar-refractivity contribution in [2.24, 2.45) is 5.92 Å². The van der Waals surface area contributed by atoms with Gasteiger partial charge in [0.1, 0.15) is 6.54 Å². The first-order valence-corrected chi connectivity index (χ1v) is 9.98. The second kappa shape index (κ2) is 7.66. The molecule has 0 aromatic carbocycles. The average Bonchev–Trinajstić information content (AvgIpc) is 3.12. The van der Waals surface area contributed by atoms with Crippen LogP contribution in [-0.4, -0.2) is 27.7 Å². The lowest BCUT2D eigenvalue weighted by Crippen LogP contribution is -2.42. The second-order valence-corrected chi connectivity index (χ2v) is 8.35. The largest absolute Gasteiger partial charge is 0.391 e. The van der Waals surface area contributed by atoms with E-state index < -0.39 is 18.1 Å². The van der Waals surface area contributed by atoms with E-state index in [0.717, 1.165) is 27.7 Å². The summed E-state index contributed by atoms with van der Waals surface area (Å²) in [5.41, 5.74) is 3.74. The smallest absolute Gasteiger partial charge is 0.352 e. The van der Waals surface area contributed by atoms with Crippen LogP contribution in [0.1, 0.15) is 42.1 Å². The number of aromatic nitrogens is 2. The van der Waals surface area contributed by atoms with Crippen LogP contribution in [0.3, 0.4) is 0 Å². The Labute approximate surface area is 160 Å². The molecule has 2 aromatic rings. The number of nitrogens with zero attached hydrogens (tertiary/aromatic N) is 2. The summed E-state index contributed by atoms with van der Waals surface area (Å²) in [5, 5.41) is 5.77. The van der Waals surface area contributed by atoms with Crippen molar-refractivity contribution in [3.63, 3.8) is 0 Å². The Morgan fingerprint density at radius 1 is 1.33 bits per heavy atom. The topological polar surface area (TPSA) is 46.9 Å². The van der Waals surface area contributed by atoms with E-state index in [-0.39, 0.29) is 25.3 Å². The third-order valence-corrected chi connectivity index (χ3v) is 6.05. The minimum atomic E-state index is -4.18. The molecule has 2 atom stereocenters. The molecule has 0 saturated heterocycles. The van der Waals surface area contributed by atoms with Crippen LogP contribution in [-0.2, 0) is 11.3 Å². The van der Waals surface area contributed by atoms with Gasteiger partial charge in [-0.3, -0.25) is 4.79 Å². The molecule has 0 aliphatic heterocycles. The highest BCUT2D eigenvalue weighted by molar-refractivity contribution is 7.09. The third kappa shape index (κ3) is 4.54. The van der Waals surface area contributed by atoms with Crippen molar-refractivity contribution in [3.8, 4) is 11.3 Å². The van der Waals surface area contributed by atoms with E-state index in [1.165, 1.54) is 0 Å². The van der Waals surface area contributed by atoms with Gasteiger partial charge in [0.15, 0.2) is 0 Å². The number of hydrogen-bond donors (Lipinski definition) is 1. The minimum absolute atomic E-state index is 0.0256. The molecule has 1 amide bonds. The zero-order chi connectivity index (χ0) is 19.8. The summed E-state index contributed by atoms with van der Waals surface area (Å²) in [6.45, 7) is 5.90. The number of aryl methyl sites for hydroxylation is 2. The van der Waals surface area contributed by atoms with E-state index in [9.17, 15) is 18.0 Å². The Morgan fingerprint density at radius 2 is 2.07 bits per heavy atom. The van der Waals surface area contributed by atoms with Crippen molar-refractivity contribution in [1.29, 1.82) is 0 Å². The van der Waals surface area contributed by atoms with Crippen LogP contribution in [0.2, 0.25) is 0 Å². The molecular formula is C19H24F3N3OS. The molecular weight excluding hydrogens is 375 g/mol. The Bertz CT molecular complexity index is 825. The van der Waals surface area contributed by atoms with Gasteiger partial charge in [0, 0.05) is 28.4 Å². The number of rotatable bonds is 4. The quantitative estimate of drug-likeness (QED) is 0.805. The van der Waals surface area contributed by atoms with Crippen molar-refractivity contribution < 1.29 is 18.0 Å². The molecule has 1 aliphatic rings. The van der Waals surface area contributed by atoms with Gasteiger partial charge in [-0.05, 0) is 46.1 Å². The van der Waals surface area contributed by atoms with Crippen LogP contribution < -0.4 is 5.32 Å². The Kier molecular flexibility index (Phi) is 5.65. The van der Waals surface area contributed by atoms with Crippen LogP contribution in [0, 0.1) is 26.7 Å². The fourth-order valence-corrected chi connectivity index (χ4v) is 4.44. The van der Waals surface area contributed by atoms with Crippen molar-refractivity contribution in [1.82, 2.24) is 14.9 Å². The van der Waals surface area contributed by atoms with Crippen molar-refractivity contribution in [3.05, 3.63) is 27.8 Å². The summed E-state index contributed by atoms with van der Waals surface area (Å²) < 4.78 is 40.7. The molecule has 1 N–H and O–H groups in total. The first-order chi connectivity index (χ1) is 12.6. The van der Waals surface area contributed by atoms with E-state index in [1.807, 2.05) is 36.8 Å². The normalized spacial score (nSPS) is 20.7. The monoisotopic (exact) mass is 399 g/mol. The van der Waals surface area contributed by atoms with Gasteiger partial charge in [0.2, 0.25) is 5.91 Å². The molecule has 3 rings (SSSR count). The Balaban J connectivity index is 1.67. The maximum atomic E-state index is 12.9. The van der Waals surface area contributed by atoms with Gasteiger partial charge >= 0.3 is 6.18 Å². The van der Waals surface area contributed by atoms with Crippen LogP contribution in [0.4, 0.5) is 13.2 Å². The van der Waals surface area contributed by atoms with E-state index in [1.54, 1.807) is 11.3 Å². The fraction of sp³-hybridized carbons (Fsp3) is 0.579. The maximum absolute atomic E-state index is 12.9. The third-order valence-electron chi connectivity index (χ3n) is 5.27. The number of halogens is 3. The highest BCUT2D eigenvalue weighted by Crippen LogP contribution is 2.37. The molecule has 2 unspecified atom stereocenters. The number of carbonyl (C=O) groups excluding carboxylic acids is 1. The minimum Gasteiger partial charge on any atom is -0.352 e. The van der Waals surface area contributed by atoms with E-state index in [4.69, 9.17) is 0 Å². The maximum Gasteiger partial charge on any atom is 0.391 e. The predicted molar refractivity (Wildman–Crippen MR) is 99.7 cm³/mol. The second-order valence-electron chi connectivity index (χ2n) is 7.29.